The lowest BCUT2D eigenvalue weighted by Crippen LogP contribution is -2.23. The maximum Gasteiger partial charge on any atom is 0.263 e. The number of amidine groups is 1. The number of nitrogens with one attached hydrogen (secondary N) is 3. The molecule has 0 saturated carbocycles. The number of halogens is 2. The second-order valence-electron chi connectivity index (χ2n) is 7.72. The molecule has 10 heteroatoms. The van der Waals surface area contributed by atoms with E-state index in [1.165, 1.54) is 18.2 Å². The molecule has 178 valence electrons. The zero-order chi connectivity index (χ0) is 25.2. The van der Waals surface area contributed by atoms with Crippen molar-refractivity contribution in [2.75, 3.05) is 4.72 Å². The van der Waals surface area contributed by atoms with Crippen LogP contribution in [0.3, 0.4) is 0 Å². The normalized spacial score (nSPS) is 11.3. The fourth-order valence-corrected chi connectivity index (χ4v) is 5.33. The summed E-state index contributed by atoms with van der Waals surface area (Å²) in [7, 11) is -3.98. The standard InChI is InChI=1S/C25H20Cl2N4O3S/c26-18-8-11-22(27)23(13-18)35(33,34)31-19-9-10-20-17(12-19)2-1-3-21(20)25(32)30-14-15-4-6-16(7-5-15)24(28)29/h1-13,31H,14H2,(H3,28,29)(H,30,32). The van der Waals surface area contributed by atoms with E-state index in [0.717, 1.165) is 5.56 Å². The van der Waals surface area contributed by atoms with Crippen LogP contribution in [-0.4, -0.2) is 20.2 Å². The van der Waals surface area contributed by atoms with Crippen molar-refractivity contribution in [2.45, 2.75) is 11.4 Å². The number of carbonyl (C=O) groups excluding carboxylic acids is 1. The Morgan fingerprint density at radius 2 is 1.69 bits per heavy atom. The first kappa shape index (κ1) is 24.5. The second kappa shape index (κ2) is 9.95. The highest BCUT2D eigenvalue weighted by molar-refractivity contribution is 7.92. The van der Waals surface area contributed by atoms with Crippen molar-refractivity contribution in [1.82, 2.24) is 5.32 Å². The van der Waals surface area contributed by atoms with Crippen LogP contribution in [0.2, 0.25) is 10.0 Å². The highest BCUT2D eigenvalue weighted by atomic mass is 35.5. The average molecular weight is 527 g/mol. The lowest BCUT2D eigenvalue weighted by molar-refractivity contribution is 0.0952. The van der Waals surface area contributed by atoms with E-state index in [9.17, 15) is 13.2 Å². The van der Waals surface area contributed by atoms with Gasteiger partial charge in [-0.3, -0.25) is 14.9 Å². The van der Waals surface area contributed by atoms with E-state index in [1.807, 2.05) is 0 Å². The molecular formula is C25H20Cl2N4O3S. The topological polar surface area (TPSA) is 125 Å². The smallest absolute Gasteiger partial charge is 0.263 e. The Hall–Kier alpha value is -3.59. The van der Waals surface area contributed by atoms with Gasteiger partial charge in [-0.05, 0) is 52.7 Å². The van der Waals surface area contributed by atoms with Crippen LogP contribution in [0, 0.1) is 5.41 Å². The van der Waals surface area contributed by atoms with Crippen molar-refractivity contribution >= 4 is 61.4 Å². The third-order valence-electron chi connectivity index (χ3n) is 5.28. The van der Waals surface area contributed by atoms with Crippen LogP contribution in [0.1, 0.15) is 21.5 Å². The Balaban J connectivity index is 1.54. The Bertz CT molecular complexity index is 1560. The molecule has 35 heavy (non-hydrogen) atoms. The van der Waals surface area contributed by atoms with E-state index < -0.39 is 10.0 Å². The summed E-state index contributed by atoms with van der Waals surface area (Å²) in [6.07, 6.45) is 0. The molecule has 4 aromatic carbocycles. The number of carbonyl (C=O) groups is 1. The lowest BCUT2D eigenvalue weighted by Gasteiger charge is -2.12. The summed E-state index contributed by atoms with van der Waals surface area (Å²) < 4.78 is 28.2. The molecule has 0 aliphatic heterocycles. The Labute approximate surface area is 212 Å². The van der Waals surface area contributed by atoms with Crippen LogP contribution in [0.5, 0.6) is 0 Å². The molecule has 0 aromatic heterocycles. The van der Waals surface area contributed by atoms with E-state index in [0.29, 0.717) is 34.1 Å². The minimum absolute atomic E-state index is 0.0198. The van der Waals surface area contributed by atoms with E-state index in [2.05, 4.69) is 10.0 Å². The van der Waals surface area contributed by atoms with Crippen LogP contribution >= 0.6 is 23.2 Å². The molecule has 4 rings (SSSR count). The number of benzene rings is 4. The molecule has 0 heterocycles. The molecule has 7 nitrogen and oxygen atoms in total. The van der Waals surface area contributed by atoms with Crippen molar-refractivity contribution in [1.29, 1.82) is 5.41 Å². The van der Waals surface area contributed by atoms with E-state index in [1.54, 1.807) is 60.7 Å². The van der Waals surface area contributed by atoms with Crippen LogP contribution < -0.4 is 15.8 Å². The first-order valence-electron chi connectivity index (χ1n) is 10.4. The zero-order valence-corrected chi connectivity index (χ0v) is 20.5. The van der Waals surface area contributed by atoms with Gasteiger partial charge in [-0.2, -0.15) is 0 Å². The van der Waals surface area contributed by atoms with Crippen molar-refractivity contribution in [2.24, 2.45) is 5.73 Å². The fourth-order valence-electron chi connectivity index (χ4n) is 3.52. The van der Waals surface area contributed by atoms with Crippen molar-refractivity contribution < 1.29 is 13.2 Å². The number of hydrogen-bond acceptors (Lipinski definition) is 4. The Kier molecular flexibility index (Phi) is 6.98. The number of amides is 1. The molecule has 0 unspecified atom stereocenters. The van der Waals surface area contributed by atoms with Gasteiger partial charge in [-0.15, -0.1) is 0 Å². The largest absolute Gasteiger partial charge is 0.384 e. The molecular weight excluding hydrogens is 507 g/mol. The van der Waals surface area contributed by atoms with Gasteiger partial charge in [-0.25, -0.2) is 8.42 Å². The third kappa shape index (κ3) is 5.57. The number of anilines is 1. The van der Waals surface area contributed by atoms with Gasteiger partial charge in [0.15, 0.2) is 0 Å². The third-order valence-corrected chi connectivity index (χ3v) is 7.38. The summed E-state index contributed by atoms with van der Waals surface area (Å²) in [5.41, 5.74) is 7.71. The lowest BCUT2D eigenvalue weighted by atomic mass is 10.0. The van der Waals surface area contributed by atoms with Gasteiger partial charge in [0, 0.05) is 28.4 Å². The highest BCUT2D eigenvalue weighted by Crippen LogP contribution is 2.29. The van der Waals surface area contributed by atoms with Crippen molar-refractivity contribution in [3.05, 3.63) is 106 Å². The predicted octanol–water partition coefficient (Wildman–Crippen LogP) is 5.16. The van der Waals surface area contributed by atoms with Gasteiger partial charge in [0.05, 0.1) is 5.02 Å². The molecule has 0 fully saturated rings. The predicted molar refractivity (Wildman–Crippen MR) is 140 cm³/mol. The van der Waals surface area contributed by atoms with Gasteiger partial charge >= 0.3 is 0 Å². The molecule has 0 aliphatic rings. The molecule has 0 bridgehead atoms. The number of nitrogens with two attached hydrogens (primary N) is 1. The van der Waals surface area contributed by atoms with Gasteiger partial charge < -0.3 is 11.1 Å². The van der Waals surface area contributed by atoms with Crippen molar-refractivity contribution in [3.8, 4) is 0 Å². The fraction of sp³-hybridized carbons (Fsp3) is 0.0400. The summed E-state index contributed by atoms with van der Waals surface area (Å²) in [6.45, 7) is 0.297. The summed E-state index contributed by atoms with van der Waals surface area (Å²) >= 11 is 12.0. The monoisotopic (exact) mass is 526 g/mol. The molecule has 4 aromatic rings. The first-order chi connectivity index (χ1) is 16.6. The minimum Gasteiger partial charge on any atom is -0.384 e. The summed E-state index contributed by atoms with van der Waals surface area (Å²) in [4.78, 5) is 12.7. The van der Waals surface area contributed by atoms with E-state index >= 15 is 0 Å². The molecule has 0 aliphatic carbocycles. The maximum atomic E-state index is 12.9. The summed E-state index contributed by atoms with van der Waals surface area (Å²) in [5.74, 6) is -0.293. The zero-order valence-electron chi connectivity index (χ0n) is 18.2. The molecule has 5 N–H and O–H groups in total. The highest BCUT2D eigenvalue weighted by Gasteiger charge is 2.19. The molecule has 0 saturated heterocycles. The van der Waals surface area contributed by atoms with Gasteiger partial charge in [0.2, 0.25) is 0 Å². The number of rotatable bonds is 7. The number of hydrogen-bond donors (Lipinski definition) is 4. The summed E-state index contributed by atoms with van der Waals surface area (Å²) in [5, 5.41) is 12.0. The summed E-state index contributed by atoms with van der Waals surface area (Å²) in [6, 6.07) is 21.4. The number of fused-ring (bicyclic) bond motifs is 1. The Morgan fingerprint density at radius 1 is 0.943 bits per heavy atom. The minimum atomic E-state index is -3.98. The molecule has 0 spiro atoms. The number of sulfonamides is 1. The average Bonchev–Trinajstić information content (AvgIpc) is 2.83. The van der Waals surface area contributed by atoms with Crippen molar-refractivity contribution in [3.63, 3.8) is 0 Å². The number of nitrogen functional groups attached to an aromatic ring is 1. The van der Waals surface area contributed by atoms with Crippen LogP contribution in [0.4, 0.5) is 5.69 Å². The van der Waals surface area contributed by atoms with Gasteiger partial charge in [-0.1, -0.05) is 65.7 Å². The van der Waals surface area contributed by atoms with Crippen LogP contribution in [0.25, 0.3) is 10.8 Å². The maximum absolute atomic E-state index is 12.9. The van der Waals surface area contributed by atoms with E-state index in [-0.39, 0.29) is 26.7 Å². The van der Waals surface area contributed by atoms with E-state index in [4.69, 9.17) is 34.3 Å². The molecule has 1 amide bonds. The quantitative estimate of drug-likeness (QED) is 0.196. The Morgan fingerprint density at radius 3 is 2.40 bits per heavy atom. The van der Waals surface area contributed by atoms with Crippen LogP contribution in [-0.2, 0) is 16.6 Å². The van der Waals surface area contributed by atoms with Gasteiger partial charge in [0.25, 0.3) is 15.9 Å². The first-order valence-corrected chi connectivity index (χ1v) is 12.6. The molecule has 0 atom stereocenters. The van der Waals surface area contributed by atoms with Gasteiger partial charge in [0.1, 0.15) is 10.7 Å². The SMILES string of the molecule is N=C(N)c1ccc(CNC(=O)c2cccc3cc(NS(=O)(=O)c4cc(Cl)ccc4Cl)ccc23)cc1. The molecule has 0 radical (unpaired) electrons. The van der Waals surface area contributed by atoms with Crippen LogP contribution in [0.15, 0.2) is 83.8 Å². The second-order valence-corrected chi connectivity index (χ2v) is 10.2.